The Hall–Kier alpha value is -3.15. The third-order valence-electron chi connectivity index (χ3n) is 7.61. The summed E-state index contributed by atoms with van der Waals surface area (Å²) in [6.45, 7) is 4.40. The highest BCUT2D eigenvalue weighted by atomic mass is 19.2. The Bertz CT molecular complexity index is 1070. The van der Waals surface area contributed by atoms with E-state index in [0.717, 1.165) is 0 Å². The van der Waals surface area contributed by atoms with Crippen LogP contribution in [-0.2, 0) is 25.6 Å². The zero-order valence-corrected chi connectivity index (χ0v) is 21.7. The molecule has 2 heterocycles. The number of carbonyl (C=O) groups excluding carboxylic acids is 4. The van der Waals surface area contributed by atoms with Gasteiger partial charge in [-0.2, -0.15) is 0 Å². The molecule has 2 saturated heterocycles. The summed E-state index contributed by atoms with van der Waals surface area (Å²) in [4.78, 5) is 53.9. The SMILES string of the molecule is CCC(C)C(N)C(=O)N1CCCC1C(=O)N[C@@H](CC(=O)N1CCCC1C(N)=O)Cc1cc(F)c(F)cc1F. The van der Waals surface area contributed by atoms with E-state index in [9.17, 15) is 32.3 Å². The van der Waals surface area contributed by atoms with Crippen LogP contribution in [0.25, 0.3) is 0 Å². The van der Waals surface area contributed by atoms with Gasteiger partial charge in [-0.3, -0.25) is 19.2 Å². The van der Waals surface area contributed by atoms with E-state index in [-0.39, 0.29) is 30.2 Å². The first-order valence-corrected chi connectivity index (χ1v) is 13.0. The molecule has 12 heteroatoms. The molecule has 0 aliphatic carbocycles. The number of hydrogen-bond acceptors (Lipinski definition) is 5. The van der Waals surface area contributed by atoms with Gasteiger partial charge in [-0.25, -0.2) is 13.2 Å². The standard InChI is InChI=1S/C26H36F3N5O4/c1-3-14(2)23(30)26(38)34-9-5-7-21(34)25(37)32-16(10-15-11-18(28)19(29)13-17(15)27)12-22(35)33-8-4-6-20(33)24(31)36/h11,13-14,16,20-21,23H,3-10,12,30H2,1-2H3,(H2,31,36)(H,32,37)/t14?,16-,20?,21?,23?/m1/s1. The molecule has 38 heavy (non-hydrogen) atoms. The number of nitrogens with two attached hydrogens (primary N) is 2. The Morgan fingerprint density at radius 1 is 1.00 bits per heavy atom. The Labute approximate surface area is 220 Å². The summed E-state index contributed by atoms with van der Waals surface area (Å²) < 4.78 is 41.8. The molecule has 2 fully saturated rings. The van der Waals surface area contributed by atoms with Crippen molar-refractivity contribution in [2.24, 2.45) is 17.4 Å². The van der Waals surface area contributed by atoms with Crippen molar-refractivity contribution in [1.29, 1.82) is 0 Å². The highest BCUT2D eigenvalue weighted by molar-refractivity contribution is 5.91. The zero-order chi connectivity index (χ0) is 28.1. The monoisotopic (exact) mass is 539 g/mol. The number of carbonyl (C=O) groups is 4. The molecule has 0 aromatic heterocycles. The largest absolute Gasteiger partial charge is 0.368 e. The highest BCUT2D eigenvalue weighted by Crippen LogP contribution is 2.23. The molecule has 3 rings (SSSR count). The van der Waals surface area contributed by atoms with E-state index in [0.29, 0.717) is 57.3 Å². The smallest absolute Gasteiger partial charge is 0.243 e. The third-order valence-corrected chi connectivity index (χ3v) is 7.61. The molecule has 1 aromatic carbocycles. The van der Waals surface area contributed by atoms with Crippen LogP contribution in [0.3, 0.4) is 0 Å². The van der Waals surface area contributed by atoms with Crippen molar-refractivity contribution in [2.45, 2.75) is 83.0 Å². The van der Waals surface area contributed by atoms with Crippen LogP contribution in [0.4, 0.5) is 13.2 Å². The van der Waals surface area contributed by atoms with Crippen LogP contribution < -0.4 is 16.8 Å². The maximum absolute atomic E-state index is 14.5. The van der Waals surface area contributed by atoms with Crippen LogP contribution in [0.5, 0.6) is 0 Å². The Morgan fingerprint density at radius 2 is 1.61 bits per heavy atom. The topological polar surface area (TPSA) is 139 Å². The van der Waals surface area contributed by atoms with Crippen LogP contribution in [0, 0.1) is 23.4 Å². The van der Waals surface area contributed by atoms with Crippen LogP contribution in [0.2, 0.25) is 0 Å². The Balaban J connectivity index is 1.81. The van der Waals surface area contributed by atoms with Gasteiger partial charge in [0.05, 0.1) is 6.04 Å². The van der Waals surface area contributed by atoms with Crippen molar-refractivity contribution in [2.75, 3.05) is 13.1 Å². The molecule has 0 spiro atoms. The lowest BCUT2D eigenvalue weighted by atomic mass is 9.98. The summed E-state index contributed by atoms with van der Waals surface area (Å²) in [5.74, 6) is -5.78. The molecule has 0 radical (unpaired) electrons. The quantitative estimate of drug-likeness (QED) is 0.386. The maximum Gasteiger partial charge on any atom is 0.243 e. The van der Waals surface area contributed by atoms with Crippen molar-refractivity contribution >= 4 is 23.6 Å². The number of likely N-dealkylation sites (tertiary alicyclic amines) is 2. The van der Waals surface area contributed by atoms with Gasteiger partial charge in [-0.15, -0.1) is 0 Å². The third kappa shape index (κ3) is 6.64. The van der Waals surface area contributed by atoms with Crippen molar-refractivity contribution in [1.82, 2.24) is 15.1 Å². The first-order valence-electron chi connectivity index (χ1n) is 13.0. The fourth-order valence-electron chi connectivity index (χ4n) is 5.14. The van der Waals surface area contributed by atoms with Gasteiger partial charge in [-0.1, -0.05) is 20.3 Å². The normalized spacial score (nSPS) is 21.7. The average Bonchev–Trinajstić information content (AvgIpc) is 3.56. The van der Waals surface area contributed by atoms with Crippen LogP contribution in [0.15, 0.2) is 12.1 Å². The van der Waals surface area contributed by atoms with E-state index >= 15 is 0 Å². The van der Waals surface area contributed by atoms with Crippen molar-refractivity contribution in [3.8, 4) is 0 Å². The van der Waals surface area contributed by atoms with E-state index in [2.05, 4.69) is 5.32 Å². The van der Waals surface area contributed by atoms with Gasteiger partial charge < -0.3 is 26.6 Å². The van der Waals surface area contributed by atoms with Crippen LogP contribution >= 0.6 is 0 Å². The summed E-state index contributed by atoms with van der Waals surface area (Å²) in [5, 5.41) is 2.71. The van der Waals surface area contributed by atoms with E-state index in [1.807, 2.05) is 13.8 Å². The zero-order valence-electron chi connectivity index (χ0n) is 21.7. The minimum Gasteiger partial charge on any atom is -0.368 e. The molecule has 2 aliphatic rings. The van der Waals surface area contributed by atoms with Gasteiger partial charge in [0.2, 0.25) is 23.6 Å². The van der Waals surface area contributed by atoms with Gasteiger partial charge in [0.1, 0.15) is 17.9 Å². The van der Waals surface area contributed by atoms with Gasteiger partial charge in [0.25, 0.3) is 0 Å². The molecule has 5 N–H and O–H groups in total. The predicted octanol–water partition coefficient (Wildman–Crippen LogP) is 1.36. The van der Waals surface area contributed by atoms with Crippen molar-refractivity contribution < 1.29 is 32.3 Å². The molecule has 210 valence electrons. The first kappa shape index (κ1) is 29.4. The summed E-state index contributed by atoms with van der Waals surface area (Å²) in [7, 11) is 0. The number of hydrogen-bond donors (Lipinski definition) is 3. The lowest BCUT2D eigenvalue weighted by Crippen LogP contribution is -2.55. The number of nitrogens with zero attached hydrogens (tertiary/aromatic N) is 2. The van der Waals surface area contributed by atoms with E-state index in [1.165, 1.54) is 9.80 Å². The number of halogens is 3. The lowest BCUT2D eigenvalue weighted by molar-refractivity contribution is -0.141. The van der Waals surface area contributed by atoms with Gasteiger partial charge in [-0.05, 0) is 49.7 Å². The highest BCUT2D eigenvalue weighted by Gasteiger charge is 2.39. The molecule has 9 nitrogen and oxygen atoms in total. The molecular weight excluding hydrogens is 503 g/mol. The van der Waals surface area contributed by atoms with Crippen LogP contribution in [0.1, 0.15) is 57.9 Å². The second-order valence-corrected chi connectivity index (χ2v) is 10.2. The van der Waals surface area contributed by atoms with E-state index in [4.69, 9.17) is 11.5 Å². The minimum absolute atomic E-state index is 0.0906. The second-order valence-electron chi connectivity index (χ2n) is 10.2. The molecule has 4 unspecified atom stereocenters. The maximum atomic E-state index is 14.5. The number of benzene rings is 1. The molecule has 0 saturated carbocycles. The summed E-state index contributed by atoms with van der Waals surface area (Å²) in [6, 6.07) is -2.33. The Morgan fingerprint density at radius 3 is 2.24 bits per heavy atom. The number of nitrogens with one attached hydrogen (secondary N) is 1. The molecule has 0 bridgehead atoms. The van der Waals surface area contributed by atoms with E-state index < -0.39 is 59.3 Å². The molecule has 5 atom stereocenters. The van der Waals surface area contributed by atoms with Gasteiger partial charge in [0.15, 0.2) is 11.6 Å². The average molecular weight is 540 g/mol. The van der Waals surface area contributed by atoms with Gasteiger partial charge >= 0.3 is 0 Å². The number of rotatable bonds is 10. The molecule has 1 aromatic rings. The van der Waals surface area contributed by atoms with Crippen molar-refractivity contribution in [3.63, 3.8) is 0 Å². The van der Waals surface area contributed by atoms with Crippen LogP contribution in [-0.4, -0.2) is 70.7 Å². The fraction of sp³-hybridized carbons (Fsp3) is 0.615. The number of amides is 4. The molecular formula is C26H36F3N5O4. The summed E-state index contributed by atoms with van der Waals surface area (Å²) in [6.07, 6.45) is 1.97. The Kier molecular flexibility index (Phi) is 9.75. The predicted molar refractivity (Wildman–Crippen MR) is 133 cm³/mol. The second kappa shape index (κ2) is 12.6. The number of primary amides is 1. The van der Waals surface area contributed by atoms with E-state index in [1.54, 1.807) is 0 Å². The van der Waals surface area contributed by atoms with Crippen molar-refractivity contribution in [3.05, 3.63) is 35.1 Å². The fourth-order valence-corrected chi connectivity index (χ4v) is 5.14. The minimum atomic E-state index is -1.36. The first-order chi connectivity index (χ1) is 17.9. The molecule has 2 aliphatic heterocycles. The summed E-state index contributed by atoms with van der Waals surface area (Å²) in [5.41, 5.74) is 11.3. The molecule has 4 amide bonds. The van der Waals surface area contributed by atoms with Gasteiger partial charge in [0, 0.05) is 31.6 Å². The lowest BCUT2D eigenvalue weighted by Gasteiger charge is -2.30. The summed E-state index contributed by atoms with van der Waals surface area (Å²) >= 11 is 0.